The molecule has 9 nitrogen and oxygen atoms in total. The number of ketones is 1. The Morgan fingerprint density at radius 2 is 1.63 bits per heavy atom. The predicted molar refractivity (Wildman–Crippen MR) is 124 cm³/mol. The molecule has 2 aliphatic heterocycles. The van der Waals surface area contributed by atoms with Crippen LogP contribution in [0.4, 0.5) is 0 Å². The molecule has 0 unspecified atom stereocenters. The third-order valence-electron chi connectivity index (χ3n) is 7.10. The number of hydrogen-bond acceptors (Lipinski definition) is 7. The third kappa shape index (κ3) is 4.19. The topological polar surface area (TPSA) is 104 Å². The monoisotopic (exact) mass is 480 g/mol. The van der Waals surface area contributed by atoms with Crippen LogP contribution in [0.1, 0.15) is 47.4 Å². The van der Waals surface area contributed by atoms with Crippen molar-refractivity contribution in [2.45, 2.75) is 39.5 Å². The van der Waals surface area contributed by atoms with Gasteiger partial charge in [-0.1, -0.05) is 12.8 Å². The quantitative estimate of drug-likeness (QED) is 0.356. The van der Waals surface area contributed by atoms with Gasteiger partial charge in [0.05, 0.1) is 11.8 Å². The van der Waals surface area contributed by atoms with Crippen molar-refractivity contribution >= 4 is 23.6 Å². The standard InChI is InChI=1S/C26H28N2O7/c1-15-11-20(16(2)28(15)17-7-8-22-23(12-17)34-10-9-33-22)21(29)14-35-24(30)13-27-25(31)18-5-3-4-6-19(18)26(27)32/h7-8,11-12,18-19H,3-6,9-10,13-14H2,1-2H3/t18-,19+. The molecule has 3 heterocycles. The van der Waals surface area contributed by atoms with Crippen LogP contribution in [0.3, 0.4) is 0 Å². The lowest BCUT2D eigenvalue weighted by Crippen LogP contribution is -2.37. The van der Waals surface area contributed by atoms with Gasteiger partial charge in [0.1, 0.15) is 19.8 Å². The smallest absolute Gasteiger partial charge is 0.326 e. The SMILES string of the molecule is Cc1cc(C(=O)COC(=O)CN2C(=O)[C@H]3CCCC[C@H]3C2=O)c(C)n1-c1ccc2c(c1)OCCO2. The molecule has 184 valence electrons. The minimum Gasteiger partial charge on any atom is -0.486 e. The minimum atomic E-state index is -0.764. The van der Waals surface area contributed by atoms with Crippen LogP contribution in [0.25, 0.3) is 5.69 Å². The summed E-state index contributed by atoms with van der Waals surface area (Å²) in [6.45, 7) is 3.78. The molecule has 2 atom stereocenters. The summed E-state index contributed by atoms with van der Waals surface area (Å²) in [4.78, 5) is 51.4. The lowest BCUT2D eigenvalue weighted by atomic mass is 9.81. The Kier molecular flexibility index (Phi) is 6.08. The van der Waals surface area contributed by atoms with Gasteiger partial charge in [-0.2, -0.15) is 0 Å². The number of aryl methyl sites for hydroxylation is 1. The van der Waals surface area contributed by atoms with Crippen molar-refractivity contribution in [3.63, 3.8) is 0 Å². The summed E-state index contributed by atoms with van der Waals surface area (Å²) >= 11 is 0. The lowest BCUT2D eigenvalue weighted by molar-refractivity contribution is -0.152. The molecule has 2 aromatic rings. The van der Waals surface area contributed by atoms with Crippen molar-refractivity contribution < 1.29 is 33.4 Å². The molecule has 1 aliphatic carbocycles. The summed E-state index contributed by atoms with van der Waals surface area (Å²) in [6, 6.07) is 7.34. The number of Topliss-reactive ketones (excluding diaryl/α,β-unsaturated/α-hetero) is 1. The average molecular weight is 481 g/mol. The fraction of sp³-hybridized carbons (Fsp3) is 0.462. The number of imide groups is 1. The van der Waals surface area contributed by atoms with E-state index in [0.717, 1.165) is 29.1 Å². The predicted octanol–water partition coefficient (Wildman–Crippen LogP) is 2.77. The van der Waals surface area contributed by atoms with E-state index in [1.54, 1.807) is 6.07 Å². The Morgan fingerprint density at radius 1 is 0.971 bits per heavy atom. The maximum absolute atomic E-state index is 12.9. The van der Waals surface area contributed by atoms with E-state index in [1.165, 1.54) is 0 Å². The van der Waals surface area contributed by atoms with Gasteiger partial charge in [-0.05, 0) is 44.9 Å². The van der Waals surface area contributed by atoms with Crippen molar-refractivity contribution in [3.05, 3.63) is 41.2 Å². The number of amides is 2. The van der Waals surface area contributed by atoms with E-state index in [4.69, 9.17) is 14.2 Å². The van der Waals surface area contributed by atoms with Gasteiger partial charge >= 0.3 is 5.97 Å². The van der Waals surface area contributed by atoms with Gasteiger partial charge in [0, 0.05) is 28.7 Å². The third-order valence-corrected chi connectivity index (χ3v) is 7.10. The molecule has 0 spiro atoms. The van der Waals surface area contributed by atoms with E-state index in [0.29, 0.717) is 48.8 Å². The molecule has 2 fully saturated rings. The van der Waals surface area contributed by atoms with E-state index < -0.39 is 19.1 Å². The second-order valence-corrected chi connectivity index (χ2v) is 9.29. The van der Waals surface area contributed by atoms with Crippen LogP contribution >= 0.6 is 0 Å². The van der Waals surface area contributed by atoms with Gasteiger partial charge in [-0.25, -0.2) is 0 Å². The normalized spacial score (nSPS) is 21.1. The molecule has 0 N–H and O–H groups in total. The van der Waals surface area contributed by atoms with Gasteiger partial charge in [0.25, 0.3) is 0 Å². The van der Waals surface area contributed by atoms with Gasteiger partial charge in [0.15, 0.2) is 18.1 Å². The van der Waals surface area contributed by atoms with Crippen LogP contribution in [0.15, 0.2) is 24.3 Å². The fourth-order valence-electron chi connectivity index (χ4n) is 5.40. The number of ether oxygens (including phenoxy) is 3. The highest BCUT2D eigenvalue weighted by atomic mass is 16.6. The molecule has 1 aromatic carbocycles. The highest BCUT2D eigenvalue weighted by Gasteiger charge is 2.48. The van der Waals surface area contributed by atoms with Crippen LogP contribution in [0, 0.1) is 25.7 Å². The van der Waals surface area contributed by atoms with Crippen molar-refractivity contribution in [1.82, 2.24) is 9.47 Å². The molecule has 1 saturated carbocycles. The number of fused-ring (bicyclic) bond motifs is 2. The van der Waals surface area contributed by atoms with Crippen LogP contribution in [-0.4, -0.2) is 59.4 Å². The Morgan fingerprint density at radius 3 is 2.31 bits per heavy atom. The number of likely N-dealkylation sites (tertiary alicyclic amines) is 1. The van der Waals surface area contributed by atoms with E-state index in [-0.39, 0.29) is 29.4 Å². The summed E-state index contributed by atoms with van der Waals surface area (Å²) in [5.74, 6) is -1.04. The number of hydrogen-bond donors (Lipinski definition) is 0. The number of esters is 1. The molecular weight excluding hydrogens is 452 g/mol. The Bertz CT molecular complexity index is 1190. The zero-order valence-corrected chi connectivity index (χ0v) is 19.9. The molecule has 9 heteroatoms. The number of rotatable bonds is 6. The molecule has 35 heavy (non-hydrogen) atoms. The maximum Gasteiger partial charge on any atom is 0.326 e. The van der Waals surface area contributed by atoms with Gasteiger partial charge in [0.2, 0.25) is 17.6 Å². The number of nitrogens with zero attached hydrogens (tertiary/aromatic N) is 2. The number of carbonyl (C=O) groups excluding carboxylic acids is 4. The van der Waals surface area contributed by atoms with Gasteiger partial charge < -0.3 is 18.8 Å². The summed E-state index contributed by atoms with van der Waals surface area (Å²) in [5, 5.41) is 0. The molecule has 5 rings (SSSR count). The van der Waals surface area contributed by atoms with Crippen molar-refractivity contribution in [2.75, 3.05) is 26.4 Å². The van der Waals surface area contributed by atoms with Gasteiger partial charge in [-0.15, -0.1) is 0 Å². The van der Waals surface area contributed by atoms with Crippen LogP contribution in [0.2, 0.25) is 0 Å². The fourth-order valence-corrected chi connectivity index (χ4v) is 5.40. The largest absolute Gasteiger partial charge is 0.486 e. The molecule has 0 bridgehead atoms. The van der Waals surface area contributed by atoms with Crippen LogP contribution < -0.4 is 9.47 Å². The molecule has 3 aliphatic rings. The number of aromatic nitrogens is 1. The average Bonchev–Trinajstić information content (AvgIpc) is 3.30. The summed E-state index contributed by atoms with van der Waals surface area (Å²) < 4.78 is 18.4. The summed E-state index contributed by atoms with van der Waals surface area (Å²) in [6.07, 6.45) is 3.19. The first-order valence-electron chi connectivity index (χ1n) is 12.0. The molecular formula is C26H28N2O7. The second-order valence-electron chi connectivity index (χ2n) is 9.29. The van der Waals surface area contributed by atoms with E-state index in [2.05, 4.69) is 0 Å². The maximum atomic E-state index is 12.9. The van der Waals surface area contributed by atoms with Gasteiger partial charge in [-0.3, -0.25) is 24.1 Å². The zero-order chi connectivity index (χ0) is 24.7. The van der Waals surface area contributed by atoms with E-state index in [9.17, 15) is 19.2 Å². The first kappa shape index (κ1) is 23.1. The van der Waals surface area contributed by atoms with Crippen LogP contribution in [0.5, 0.6) is 11.5 Å². The number of carbonyl (C=O) groups is 4. The molecule has 0 radical (unpaired) electrons. The van der Waals surface area contributed by atoms with Crippen molar-refractivity contribution in [3.8, 4) is 17.2 Å². The molecule has 2 amide bonds. The van der Waals surface area contributed by atoms with Crippen molar-refractivity contribution in [1.29, 1.82) is 0 Å². The molecule has 1 saturated heterocycles. The Balaban J connectivity index is 1.24. The lowest BCUT2D eigenvalue weighted by Gasteiger charge is -2.20. The highest BCUT2D eigenvalue weighted by Crippen LogP contribution is 2.38. The van der Waals surface area contributed by atoms with Crippen molar-refractivity contribution in [2.24, 2.45) is 11.8 Å². The summed E-state index contributed by atoms with van der Waals surface area (Å²) in [5.41, 5.74) is 2.80. The minimum absolute atomic E-state index is 0.300. The van der Waals surface area contributed by atoms with E-state index >= 15 is 0 Å². The summed E-state index contributed by atoms with van der Waals surface area (Å²) in [7, 11) is 0. The first-order chi connectivity index (χ1) is 16.8. The second kappa shape index (κ2) is 9.20. The van der Waals surface area contributed by atoms with Crippen LogP contribution in [-0.2, 0) is 19.1 Å². The Hall–Kier alpha value is -3.62. The Labute approximate surface area is 202 Å². The highest BCUT2D eigenvalue weighted by molar-refractivity contribution is 6.07. The number of benzene rings is 1. The zero-order valence-electron chi connectivity index (χ0n) is 19.9. The molecule has 1 aromatic heterocycles. The first-order valence-corrected chi connectivity index (χ1v) is 12.0. The van der Waals surface area contributed by atoms with E-state index in [1.807, 2.05) is 36.6 Å².